The molecule has 2 aromatic rings. The number of methoxy groups -OCH3 is 1. The summed E-state index contributed by atoms with van der Waals surface area (Å²) in [6.45, 7) is 1.66. The van der Waals surface area contributed by atoms with Crippen molar-refractivity contribution in [2.24, 2.45) is 23.2 Å². The normalized spacial score (nSPS) is 27.5. The third-order valence-electron chi connectivity index (χ3n) is 9.55. The van der Waals surface area contributed by atoms with Crippen LogP contribution in [0.1, 0.15) is 80.2 Å². The number of rotatable bonds is 11. The van der Waals surface area contributed by atoms with Crippen molar-refractivity contribution in [1.29, 1.82) is 0 Å². The lowest BCUT2D eigenvalue weighted by Crippen LogP contribution is -2.49. The van der Waals surface area contributed by atoms with Crippen molar-refractivity contribution in [2.45, 2.75) is 77.0 Å². The zero-order valence-electron chi connectivity index (χ0n) is 25.1. The molecule has 1 aromatic carbocycles. The zero-order valence-corrected chi connectivity index (χ0v) is 25.1. The number of aromatic nitrogens is 2. The van der Waals surface area contributed by atoms with Crippen LogP contribution in [0.3, 0.4) is 0 Å². The van der Waals surface area contributed by atoms with Crippen LogP contribution in [0, 0.1) is 23.2 Å². The number of carbonyl (C=O) groups is 3. The topological polar surface area (TPSA) is 152 Å². The van der Waals surface area contributed by atoms with E-state index in [2.05, 4.69) is 25.9 Å². The number of benzene rings is 1. The molecular weight excluding hydrogens is 576 g/mol. The van der Waals surface area contributed by atoms with E-state index in [-0.39, 0.29) is 41.8 Å². The minimum Gasteiger partial charge on any atom is -0.496 e. The standard InChI is InChI=1S/C31H39F2N5O6/c1-31(30(41)42)9-6-18(7-10-31)44-23-13-19(22(43-3)14-21(23)34-2)28(39)38-26-17-5-4-16(12-17)25(26)29(40)36-15-24-35-11-8-20(37-24)27(32)33/h8,11,13-14,16-18,25-27,34H,4-7,9-10,12,15H2,1-3H3,(H,36,40)(H,38,39)(H,41,42)/t16-,17+,18-,25+,26-,31+/m1/s1. The van der Waals surface area contributed by atoms with Gasteiger partial charge in [0.15, 0.2) is 0 Å². The van der Waals surface area contributed by atoms with E-state index in [9.17, 15) is 28.3 Å². The number of nitrogens with one attached hydrogen (secondary N) is 3. The number of carboxylic acid groups (broad SMARTS) is 1. The predicted octanol–water partition coefficient (Wildman–Crippen LogP) is 4.34. The molecule has 3 aliphatic rings. The fourth-order valence-corrected chi connectivity index (χ4v) is 6.95. The Bertz CT molecular complexity index is 1400. The molecule has 3 aliphatic carbocycles. The summed E-state index contributed by atoms with van der Waals surface area (Å²) in [6, 6.07) is 4.03. The fourth-order valence-electron chi connectivity index (χ4n) is 6.95. The Morgan fingerprint density at radius 2 is 1.84 bits per heavy atom. The fraction of sp³-hybridized carbons (Fsp3) is 0.581. The third kappa shape index (κ3) is 6.41. The van der Waals surface area contributed by atoms with Crippen LogP contribution in [0.4, 0.5) is 14.5 Å². The first-order chi connectivity index (χ1) is 21.0. The van der Waals surface area contributed by atoms with Crippen LogP contribution in [0.5, 0.6) is 11.5 Å². The van der Waals surface area contributed by atoms with Gasteiger partial charge >= 0.3 is 5.97 Å². The Morgan fingerprint density at radius 3 is 2.50 bits per heavy atom. The first-order valence-corrected chi connectivity index (χ1v) is 15.0. The van der Waals surface area contributed by atoms with E-state index in [0.717, 1.165) is 25.3 Å². The zero-order chi connectivity index (χ0) is 31.6. The highest BCUT2D eigenvalue weighted by atomic mass is 19.3. The van der Waals surface area contributed by atoms with Gasteiger partial charge in [0.1, 0.15) is 23.0 Å². The van der Waals surface area contributed by atoms with Gasteiger partial charge in [0.2, 0.25) is 5.91 Å². The van der Waals surface area contributed by atoms with Crippen molar-refractivity contribution < 1.29 is 37.7 Å². The lowest BCUT2D eigenvalue weighted by Gasteiger charge is -2.34. The second-order valence-corrected chi connectivity index (χ2v) is 12.3. The van der Waals surface area contributed by atoms with Crippen molar-refractivity contribution in [3.8, 4) is 11.5 Å². The number of carboxylic acids is 1. The van der Waals surface area contributed by atoms with Crippen molar-refractivity contribution in [3.05, 3.63) is 41.5 Å². The van der Waals surface area contributed by atoms with E-state index < -0.39 is 41.4 Å². The average molecular weight is 616 g/mol. The van der Waals surface area contributed by atoms with Gasteiger partial charge < -0.3 is 30.5 Å². The number of anilines is 1. The summed E-state index contributed by atoms with van der Waals surface area (Å²) in [5.74, 6) is -0.877. The number of hydrogen-bond donors (Lipinski definition) is 4. The highest BCUT2D eigenvalue weighted by Crippen LogP contribution is 2.49. The molecule has 4 N–H and O–H groups in total. The summed E-state index contributed by atoms with van der Waals surface area (Å²) in [6.07, 6.45) is 2.97. The Hall–Kier alpha value is -4.03. The molecule has 0 unspecified atom stereocenters. The van der Waals surface area contributed by atoms with E-state index in [1.54, 1.807) is 26.1 Å². The molecule has 1 aromatic heterocycles. The number of hydrogen-bond acceptors (Lipinski definition) is 8. The lowest BCUT2D eigenvalue weighted by atomic mass is 9.75. The van der Waals surface area contributed by atoms with Crippen LogP contribution >= 0.6 is 0 Å². The summed E-state index contributed by atoms with van der Waals surface area (Å²) in [5.41, 5.74) is -0.298. The number of amides is 2. The summed E-state index contributed by atoms with van der Waals surface area (Å²) in [4.78, 5) is 46.6. The highest BCUT2D eigenvalue weighted by molar-refractivity contribution is 5.99. The second-order valence-electron chi connectivity index (χ2n) is 12.3. The number of halogens is 2. The molecule has 11 nitrogen and oxygen atoms in total. The summed E-state index contributed by atoms with van der Waals surface area (Å²) < 4.78 is 37.9. The second kappa shape index (κ2) is 12.9. The minimum absolute atomic E-state index is 0.0901. The van der Waals surface area contributed by atoms with Crippen LogP contribution in [0.15, 0.2) is 24.4 Å². The van der Waals surface area contributed by atoms with Gasteiger partial charge in [-0.15, -0.1) is 0 Å². The molecule has 0 radical (unpaired) electrons. The monoisotopic (exact) mass is 615 g/mol. The number of nitrogens with zero attached hydrogens (tertiary/aromatic N) is 2. The van der Waals surface area contributed by atoms with Gasteiger partial charge in [-0.3, -0.25) is 14.4 Å². The molecule has 0 spiro atoms. The van der Waals surface area contributed by atoms with Gasteiger partial charge in [-0.05, 0) is 75.8 Å². The maximum atomic E-state index is 13.8. The van der Waals surface area contributed by atoms with Gasteiger partial charge in [-0.1, -0.05) is 0 Å². The molecule has 2 amide bonds. The van der Waals surface area contributed by atoms with E-state index in [1.807, 2.05) is 0 Å². The van der Waals surface area contributed by atoms with Crippen LogP contribution in [-0.4, -0.2) is 59.2 Å². The summed E-state index contributed by atoms with van der Waals surface area (Å²) in [7, 11) is 3.20. The van der Waals surface area contributed by atoms with Crippen LogP contribution in [-0.2, 0) is 16.1 Å². The third-order valence-corrected chi connectivity index (χ3v) is 9.55. The van der Waals surface area contributed by atoms with Gasteiger partial charge in [-0.2, -0.15) is 0 Å². The maximum Gasteiger partial charge on any atom is 0.309 e. The molecule has 4 atom stereocenters. The van der Waals surface area contributed by atoms with Gasteiger partial charge in [0.05, 0.1) is 42.3 Å². The van der Waals surface area contributed by atoms with Crippen molar-refractivity contribution in [3.63, 3.8) is 0 Å². The minimum atomic E-state index is -2.74. The molecule has 2 bridgehead atoms. The summed E-state index contributed by atoms with van der Waals surface area (Å²) in [5, 5.41) is 18.5. The van der Waals surface area contributed by atoms with Crippen molar-refractivity contribution in [1.82, 2.24) is 20.6 Å². The van der Waals surface area contributed by atoms with E-state index in [0.29, 0.717) is 42.9 Å². The van der Waals surface area contributed by atoms with Crippen molar-refractivity contribution >= 4 is 23.5 Å². The van der Waals surface area contributed by atoms with Crippen LogP contribution in [0.25, 0.3) is 0 Å². The largest absolute Gasteiger partial charge is 0.496 e. The number of fused-ring (bicyclic) bond motifs is 2. The molecule has 5 rings (SSSR count). The molecule has 238 valence electrons. The number of carbonyl (C=O) groups excluding carboxylic acids is 2. The molecule has 0 saturated heterocycles. The Morgan fingerprint density at radius 1 is 1.11 bits per heavy atom. The van der Waals surface area contributed by atoms with Gasteiger partial charge in [-0.25, -0.2) is 18.7 Å². The van der Waals surface area contributed by atoms with Crippen molar-refractivity contribution in [2.75, 3.05) is 19.5 Å². The summed E-state index contributed by atoms with van der Waals surface area (Å²) >= 11 is 0. The van der Waals surface area contributed by atoms with Crippen LogP contribution < -0.4 is 25.4 Å². The Kier molecular flexibility index (Phi) is 9.21. The molecule has 44 heavy (non-hydrogen) atoms. The first kappa shape index (κ1) is 31.4. The molecule has 13 heteroatoms. The predicted molar refractivity (Wildman–Crippen MR) is 156 cm³/mol. The van der Waals surface area contributed by atoms with E-state index >= 15 is 0 Å². The number of alkyl halides is 2. The Labute approximate surface area is 254 Å². The maximum absolute atomic E-state index is 13.8. The molecular formula is C31H39F2N5O6. The molecule has 1 heterocycles. The highest BCUT2D eigenvalue weighted by Gasteiger charge is 2.51. The number of ether oxygens (including phenoxy) is 2. The van der Waals surface area contributed by atoms with Crippen LogP contribution in [0.2, 0.25) is 0 Å². The number of aliphatic carboxylic acids is 1. The lowest BCUT2D eigenvalue weighted by molar-refractivity contribution is -0.150. The SMILES string of the molecule is CNc1cc(OC)c(C(=O)N[C@@H]2[C@H]3CC[C@H](C3)[C@@H]2C(=O)NCc2nccc(C(F)F)n2)cc1O[C@H]1CC[C@@](C)(C(=O)O)CC1. The Balaban J connectivity index is 1.30. The van der Waals surface area contributed by atoms with Gasteiger partial charge in [0, 0.05) is 25.4 Å². The smallest absolute Gasteiger partial charge is 0.309 e. The quantitative estimate of drug-likeness (QED) is 0.289. The molecule has 0 aliphatic heterocycles. The van der Waals surface area contributed by atoms with E-state index in [4.69, 9.17) is 9.47 Å². The molecule has 3 fully saturated rings. The van der Waals surface area contributed by atoms with E-state index in [1.165, 1.54) is 13.3 Å². The first-order valence-electron chi connectivity index (χ1n) is 15.0. The average Bonchev–Trinajstić information content (AvgIpc) is 3.63. The van der Waals surface area contributed by atoms with Gasteiger partial charge in [0.25, 0.3) is 12.3 Å². The molecule has 3 saturated carbocycles.